The summed E-state index contributed by atoms with van der Waals surface area (Å²) >= 11 is 0. The molecular weight excluding hydrogens is 318 g/mol. The third-order valence-electron chi connectivity index (χ3n) is 5.51. The Labute approximate surface area is 152 Å². The molecule has 2 aliphatic heterocycles. The summed E-state index contributed by atoms with van der Waals surface area (Å²) < 4.78 is 5.47. The number of piperidine rings is 2. The first kappa shape index (κ1) is 20.0. The summed E-state index contributed by atoms with van der Waals surface area (Å²) in [5.74, 6) is 1.04. The van der Waals surface area contributed by atoms with E-state index in [2.05, 4.69) is 34.4 Å². The van der Waals surface area contributed by atoms with Crippen LogP contribution in [0.2, 0.25) is 0 Å². The average Bonchev–Trinajstić information content (AvgIpc) is 2.61. The van der Waals surface area contributed by atoms with Crippen LogP contribution in [-0.2, 0) is 9.53 Å². The van der Waals surface area contributed by atoms with E-state index in [9.17, 15) is 4.79 Å². The molecule has 0 spiro atoms. The number of carbonyl (C=O) groups excluding carboxylic acids is 1. The summed E-state index contributed by atoms with van der Waals surface area (Å²) in [5, 5.41) is 6.92. The van der Waals surface area contributed by atoms with Crippen molar-refractivity contribution in [3.05, 3.63) is 0 Å². The van der Waals surface area contributed by atoms with Crippen LogP contribution < -0.4 is 10.6 Å². The highest BCUT2D eigenvalue weighted by molar-refractivity contribution is 5.81. The third kappa shape index (κ3) is 5.57. The van der Waals surface area contributed by atoms with Gasteiger partial charge in [-0.3, -0.25) is 14.7 Å². The van der Waals surface area contributed by atoms with E-state index in [1.807, 2.05) is 7.05 Å². The third-order valence-corrected chi connectivity index (χ3v) is 5.51. The lowest BCUT2D eigenvalue weighted by molar-refractivity contribution is -0.132. The average molecular weight is 354 g/mol. The first-order chi connectivity index (χ1) is 11.9. The molecular formula is C18H35N5O2. The van der Waals surface area contributed by atoms with Crippen molar-refractivity contribution in [3.63, 3.8) is 0 Å². The zero-order valence-electron chi connectivity index (χ0n) is 16.5. The molecule has 0 aromatic rings. The Kier molecular flexibility index (Phi) is 7.07. The van der Waals surface area contributed by atoms with Crippen molar-refractivity contribution in [2.45, 2.75) is 57.2 Å². The number of hydrogen-bond donors (Lipinski definition) is 2. The summed E-state index contributed by atoms with van der Waals surface area (Å²) in [6.07, 6.45) is 4.05. The van der Waals surface area contributed by atoms with Crippen molar-refractivity contribution in [2.24, 2.45) is 4.99 Å². The molecule has 0 aromatic heterocycles. The van der Waals surface area contributed by atoms with Crippen LogP contribution in [-0.4, -0.2) is 86.7 Å². The second-order valence-electron chi connectivity index (χ2n) is 7.81. The van der Waals surface area contributed by atoms with Crippen LogP contribution in [0.15, 0.2) is 4.99 Å². The van der Waals surface area contributed by atoms with Gasteiger partial charge in [0.05, 0.1) is 6.10 Å². The van der Waals surface area contributed by atoms with E-state index < -0.39 is 0 Å². The Bertz CT molecular complexity index is 472. The number of rotatable bonds is 5. The molecule has 7 heteroatoms. The Hall–Kier alpha value is -1.34. The molecule has 2 heterocycles. The molecule has 0 aromatic carbocycles. The Morgan fingerprint density at radius 3 is 2.56 bits per heavy atom. The number of aliphatic imine (C=N–C) groups is 1. The van der Waals surface area contributed by atoms with Gasteiger partial charge in [0.15, 0.2) is 5.96 Å². The molecule has 0 bridgehead atoms. The number of ether oxygens (including phenoxy) is 1. The fourth-order valence-corrected chi connectivity index (χ4v) is 3.63. The lowest BCUT2D eigenvalue weighted by Crippen LogP contribution is -2.57. The van der Waals surface area contributed by atoms with Crippen molar-refractivity contribution < 1.29 is 9.53 Å². The van der Waals surface area contributed by atoms with E-state index in [1.54, 1.807) is 19.1 Å². The molecule has 144 valence electrons. The molecule has 1 amide bonds. The van der Waals surface area contributed by atoms with Gasteiger partial charge in [0.1, 0.15) is 0 Å². The molecule has 1 unspecified atom stereocenters. The quantitative estimate of drug-likeness (QED) is 0.561. The van der Waals surface area contributed by atoms with Gasteiger partial charge in [0.25, 0.3) is 0 Å². The number of methoxy groups -OCH3 is 1. The largest absolute Gasteiger partial charge is 0.381 e. The number of nitrogens with one attached hydrogen (secondary N) is 2. The van der Waals surface area contributed by atoms with Gasteiger partial charge in [0.2, 0.25) is 5.91 Å². The van der Waals surface area contributed by atoms with E-state index in [0.29, 0.717) is 12.5 Å². The zero-order valence-corrected chi connectivity index (χ0v) is 16.5. The SMILES string of the molecule is CN=C(NCC(C)(C)N1CCC(OC)CC1)NC1CCC(=O)N(C)C1. The van der Waals surface area contributed by atoms with Crippen LogP contribution in [0.3, 0.4) is 0 Å². The summed E-state index contributed by atoms with van der Waals surface area (Å²) in [5.41, 5.74) is 0.0512. The van der Waals surface area contributed by atoms with Crippen molar-refractivity contribution >= 4 is 11.9 Å². The minimum absolute atomic E-state index is 0.0512. The number of likely N-dealkylation sites (N-methyl/N-ethyl adjacent to an activating group) is 1. The van der Waals surface area contributed by atoms with Gasteiger partial charge in [-0.05, 0) is 33.1 Å². The van der Waals surface area contributed by atoms with Crippen LogP contribution in [0.1, 0.15) is 39.5 Å². The molecule has 0 aliphatic carbocycles. The maximum absolute atomic E-state index is 11.6. The molecule has 25 heavy (non-hydrogen) atoms. The van der Waals surface area contributed by atoms with Crippen LogP contribution in [0.5, 0.6) is 0 Å². The summed E-state index contributed by atoms with van der Waals surface area (Å²) in [7, 11) is 5.46. The van der Waals surface area contributed by atoms with Gasteiger partial charge in [-0.1, -0.05) is 0 Å². The fraction of sp³-hybridized carbons (Fsp3) is 0.889. The highest BCUT2D eigenvalue weighted by atomic mass is 16.5. The van der Waals surface area contributed by atoms with Crippen LogP contribution in [0, 0.1) is 0 Å². The number of nitrogens with zero attached hydrogens (tertiary/aromatic N) is 3. The maximum Gasteiger partial charge on any atom is 0.222 e. The van der Waals surface area contributed by atoms with E-state index in [4.69, 9.17) is 4.74 Å². The molecule has 2 N–H and O–H groups in total. The zero-order chi connectivity index (χ0) is 18.4. The molecule has 0 saturated carbocycles. The van der Waals surface area contributed by atoms with Crippen LogP contribution >= 0.6 is 0 Å². The van der Waals surface area contributed by atoms with Gasteiger partial charge in [-0.2, -0.15) is 0 Å². The Morgan fingerprint density at radius 2 is 2.00 bits per heavy atom. The summed E-state index contributed by atoms with van der Waals surface area (Å²) in [4.78, 5) is 20.3. The van der Waals surface area contributed by atoms with Gasteiger partial charge in [-0.25, -0.2) is 0 Å². The van der Waals surface area contributed by atoms with Crippen molar-refractivity contribution in [1.82, 2.24) is 20.4 Å². The number of amides is 1. The predicted molar refractivity (Wildman–Crippen MR) is 101 cm³/mol. The van der Waals surface area contributed by atoms with Crippen molar-refractivity contribution in [2.75, 3.05) is 47.4 Å². The van der Waals surface area contributed by atoms with Gasteiger partial charge in [-0.15, -0.1) is 0 Å². The van der Waals surface area contributed by atoms with Gasteiger partial charge in [0, 0.05) is 65.4 Å². The molecule has 2 saturated heterocycles. The number of guanidine groups is 1. The normalized spacial score (nSPS) is 24.5. The van der Waals surface area contributed by atoms with Crippen LogP contribution in [0.25, 0.3) is 0 Å². The fourth-order valence-electron chi connectivity index (χ4n) is 3.63. The number of likely N-dealkylation sites (tertiary alicyclic amines) is 2. The van der Waals surface area contributed by atoms with E-state index >= 15 is 0 Å². The predicted octanol–water partition coefficient (Wildman–Crippen LogP) is 0.662. The Morgan fingerprint density at radius 1 is 1.32 bits per heavy atom. The van der Waals surface area contributed by atoms with E-state index in [1.165, 1.54) is 0 Å². The topological polar surface area (TPSA) is 69.2 Å². The summed E-state index contributed by atoms with van der Waals surface area (Å²) in [6, 6.07) is 0.259. The van der Waals surface area contributed by atoms with E-state index in [-0.39, 0.29) is 17.5 Å². The number of carbonyl (C=O) groups is 1. The molecule has 0 radical (unpaired) electrons. The molecule has 1 atom stereocenters. The highest BCUT2D eigenvalue weighted by Crippen LogP contribution is 2.21. The highest BCUT2D eigenvalue weighted by Gasteiger charge is 2.31. The molecule has 2 aliphatic rings. The first-order valence-electron chi connectivity index (χ1n) is 9.34. The second-order valence-corrected chi connectivity index (χ2v) is 7.81. The standard InChI is InChI=1S/C18H35N5O2/c1-18(2,23-10-8-15(25-5)9-11-23)13-20-17(19-3)21-14-6-7-16(24)22(4)12-14/h14-15H,6-13H2,1-5H3,(H2,19,20,21). The maximum atomic E-state index is 11.6. The second kappa shape index (κ2) is 8.85. The minimum Gasteiger partial charge on any atom is -0.381 e. The Balaban J connectivity index is 1.80. The molecule has 2 fully saturated rings. The molecule has 7 nitrogen and oxygen atoms in total. The van der Waals surface area contributed by atoms with Gasteiger partial charge >= 0.3 is 0 Å². The van der Waals surface area contributed by atoms with Gasteiger partial charge < -0.3 is 20.3 Å². The summed E-state index contributed by atoms with van der Waals surface area (Å²) in [6.45, 7) is 8.23. The van der Waals surface area contributed by atoms with E-state index in [0.717, 1.165) is 51.4 Å². The lowest BCUT2D eigenvalue weighted by Gasteiger charge is -2.43. The smallest absolute Gasteiger partial charge is 0.222 e. The van der Waals surface area contributed by atoms with Crippen LogP contribution in [0.4, 0.5) is 0 Å². The molecule has 2 rings (SSSR count). The first-order valence-corrected chi connectivity index (χ1v) is 9.34. The lowest BCUT2D eigenvalue weighted by atomic mass is 9.97. The van der Waals surface area contributed by atoms with Crippen molar-refractivity contribution in [1.29, 1.82) is 0 Å². The number of hydrogen-bond acceptors (Lipinski definition) is 4. The van der Waals surface area contributed by atoms with Crippen molar-refractivity contribution in [3.8, 4) is 0 Å². The minimum atomic E-state index is 0.0512. The monoisotopic (exact) mass is 353 g/mol.